The van der Waals surface area contributed by atoms with Gasteiger partial charge in [-0.25, -0.2) is 0 Å². The molecule has 0 aliphatic carbocycles. The standard InChI is InChI=1S/C64H46N6O4/c71-63(65-53-12-3-1-4-13-53)51-10-7-16-57(44-51)69-40-32-49(33-41-69)47-28-36-67(37-29-47)55-20-24-59(25-21-55)73-61-18-9-19-62(46-61)74-60-26-22-56(23-27-60)68-38-30-48(31-39-68)50-34-42-70(43-35-50)58-17-8-11-52(45-58)64(72)66-54-14-5-2-6-15-54/h1-46H/q+2/p+2. The molecule has 0 saturated carbocycles. The van der Waals surface area contributed by atoms with Gasteiger partial charge in [0, 0.05) is 126 Å². The van der Waals surface area contributed by atoms with Crippen molar-refractivity contribution in [2.75, 3.05) is 10.6 Å². The third-order valence-electron chi connectivity index (χ3n) is 12.4. The molecule has 0 unspecified atom stereocenters. The van der Waals surface area contributed by atoms with E-state index in [4.69, 9.17) is 9.47 Å². The minimum absolute atomic E-state index is 0.154. The zero-order valence-electron chi connectivity index (χ0n) is 40.0. The van der Waals surface area contributed by atoms with Crippen molar-refractivity contribution in [3.63, 3.8) is 0 Å². The zero-order valence-corrected chi connectivity index (χ0v) is 40.0. The van der Waals surface area contributed by atoms with Crippen molar-refractivity contribution in [1.82, 2.24) is 0 Å². The lowest BCUT2D eigenvalue weighted by Gasteiger charge is -2.09. The Labute approximate surface area is 428 Å². The zero-order chi connectivity index (χ0) is 50.1. The van der Waals surface area contributed by atoms with E-state index in [2.05, 4.69) is 68.3 Å². The predicted molar refractivity (Wildman–Crippen MR) is 285 cm³/mol. The summed E-state index contributed by atoms with van der Waals surface area (Å²) in [5.74, 6) is 2.43. The number of amides is 2. The van der Waals surface area contributed by atoms with Gasteiger partial charge in [-0.3, -0.25) is 9.59 Å². The maximum atomic E-state index is 12.9. The van der Waals surface area contributed by atoms with Crippen LogP contribution in [0.2, 0.25) is 0 Å². The number of benzene rings is 7. The highest BCUT2D eigenvalue weighted by Crippen LogP contribution is 2.29. The van der Waals surface area contributed by atoms with Gasteiger partial charge in [0.15, 0.2) is 49.6 Å². The van der Waals surface area contributed by atoms with Gasteiger partial charge < -0.3 is 20.1 Å². The number of anilines is 2. The van der Waals surface area contributed by atoms with Crippen LogP contribution >= 0.6 is 0 Å². The van der Waals surface area contributed by atoms with Crippen LogP contribution < -0.4 is 38.4 Å². The summed E-state index contributed by atoms with van der Waals surface area (Å²) in [5, 5.41) is 5.91. The van der Waals surface area contributed by atoms with Crippen molar-refractivity contribution >= 4 is 23.2 Å². The van der Waals surface area contributed by atoms with Gasteiger partial charge in [0.1, 0.15) is 23.0 Å². The molecular weight excluding hydrogens is 917 g/mol. The summed E-state index contributed by atoms with van der Waals surface area (Å²) < 4.78 is 20.6. The van der Waals surface area contributed by atoms with E-state index in [-0.39, 0.29) is 11.8 Å². The van der Waals surface area contributed by atoms with Gasteiger partial charge in [-0.1, -0.05) is 54.6 Å². The second kappa shape index (κ2) is 21.4. The molecule has 7 aromatic carbocycles. The summed E-state index contributed by atoms with van der Waals surface area (Å²) in [6, 6.07) is 74.2. The van der Waals surface area contributed by atoms with Crippen LogP contribution in [0.3, 0.4) is 0 Å². The second-order valence-corrected chi connectivity index (χ2v) is 17.4. The number of hydrogen-bond donors (Lipinski definition) is 2. The van der Waals surface area contributed by atoms with Crippen LogP contribution in [0.25, 0.3) is 45.0 Å². The molecule has 0 fully saturated rings. The van der Waals surface area contributed by atoms with E-state index < -0.39 is 0 Å². The molecule has 4 heterocycles. The van der Waals surface area contributed by atoms with Crippen molar-refractivity contribution in [3.05, 3.63) is 291 Å². The van der Waals surface area contributed by atoms with E-state index in [0.717, 1.165) is 56.4 Å². The normalized spacial score (nSPS) is 10.8. The van der Waals surface area contributed by atoms with E-state index in [1.165, 1.54) is 0 Å². The molecule has 74 heavy (non-hydrogen) atoms. The summed E-state index contributed by atoms with van der Waals surface area (Å²) >= 11 is 0. The second-order valence-electron chi connectivity index (χ2n) is 17.4. The SMILES string of the molecule is O=C(Nc1ccccc1)c1cccc(-[n+]2ccc(-c3cc[n+](-c4ccc(Oc5cccc(Oc6ccc(-[n+]7ccc(-c8cc[n+](-c9cccc(C(=O)Nc%10ccccc%10)c9)cc8)cc7)cc6)c5)cc4)cc3)cc2)c1. The predicted octanol–water partition coefficient (Wildman–Crippen LogP) is 12.2. The molecule has 11 aromatic rings. The highest BCUT2D eigenvalue weighted by molar-refractivity contribution is 6.05. The van der Waals surface area contributed by atoms with E-state index in [1.807, 2.05) is 241 Å². The Bertz CT molecular complexity index is 3460. The van der Waals surface area contributed by atoms with Crippen molar-refractivity contribution in [2.24, 2.45) is 0 Å². The fourth-order valence-electron chi connectivity index (χ4n) is 8.48. The number of rotatable bonds is 14. The monoisotopic (exact) mass is 964 g/mol. The minimum atomic E-state index is -0.154. The number of carbonyl (C=O) groups excluding carboxylic acids is 2. The Kier molecular flexibility index (Phi) is 13.3. The number of pyridine rings is 4. The van der Waals surface area contributed by atoms with Gasteiger partial charge in [-0.15, -0.1) is 0 Å². The molecule has 0 bridgehead atoms. The van der Waals surface area contributed by atoms with Crippen molar-refractivity contribution < 1.29 is 37.3 Å². The molecule has 10 heteroatoms. The van der Waals surface area contributed by atoms with Crippen LogP contribution in [-0.4, -0.2) is 11.8 Å². The Morgan fingerprint density at radius 2 is 0.608 bits per heavy atom. The lowest BCUT2D eigenvalue weighted by molar-refractivity contribution is -0.596. The van der Waals surface area contributed by atoms with E-state index in [1.54, 1.807) is 0 Å². The molecule has 2 amide bonds. The van der Waals surface area contributed by atoms with Gasteiger partial charge in [-0.05, 0) is 95.1 Å². The third-order valence-corrected chi connectivity index (χ3v) is 12.4. The smallest absolute Gasteiger partial charge is 0.255 e. The van der Waals surface area contributed by atoms with Crippen molar-refractivity contribution in [3.8, 4) is 68.0 Å². The molecule has 0 saturated heterocycles. The van der Waals surface area contributed by atoms with Crippen LogP contribution in [0.5, 0.6) is 23.0 Å². The molecule has 0 aliphatic rings. The molecule has 10 nitrogen and oxygen atoms in total. The number of aromatic nitrogens is 4. The molecule has 0 radical (unpaired) electrons. The maximum absolute atomic E-state index is 12.9. The van der Waals surface area contributed by atoms with Gasteiger partial charge in [-0.2, -0.15) is 18.3 Å². The van der Waals surface area contributed by atoms with Gasteiger partial charge in [0.2, 0.25) is 22.7 Å². The van der Waals surface area contributed by atoms with E-state index in [0.29, 0.717) is 34.1 Å². The van der Waals surface area contributed by atoms with Gasteiger partial charge >= 0.3 is 0 Å². The van der Waals surface area contributed by atoms with Crippen LogP contribution in [0.4, 0.5) is 11.4 Å². The average molecular weight is 965 g/mol. The van der Waals surface area contributed by atoms with E-state index >= 15 is 0 Å². The molecular formula is C64H48N6O4+4. The number of ether oxygens (including phenoxy) is 2. The first-order chi connectivity index (χ1) is 36.4. The molecule has 0 atom stereocenters. The fraction of sp³-hybridized carbons (Fsp3) is 0. The van der Waals surface area contributed by atoms with Crippen LogP contribution in [-0.2, 0) is 0 Å². The van der Waals surface area contributed by atoms with Crippen molar-refractivity contribution in [2.45, 2.75) is 0 Å². The van der Waals surface area contributed by atoms with Crippen LogP contribution in [0, 0.1) is 0 Å². The number of para-hydroxylation sites is 2. The molecule has 354 valence electrons. The topological polar surface area (TPSA) is 92.2 Å². The third kappa shape index (κ3) is 11.0. The Balaban J connectivity index is 0.670. The van der Waals surface area contributed by atoms with Crippen LogP contribution in [0.15, 0.2) is 280 Å². The lowest BCUT2D eigenvalue weighted by Crippen LogP contribution is -2.30. The van der Waals surface area contributed by atoms with Gasteiger partial charge in [0.05, 0.1) is 0 Å². The Morgan fingerprint density at radius 3 is 0.959 bits per heavy atom. The first-order valence-electron chi connectivity index (χ1n) is 24.1. The lowest BCUT2D eigenvalue weighted by atomic mass is 10.1. The first-order valence-corrected chi connectivity index (χ1v) is 24.1. The van der Waals surface area contributed by atoms with Crippen molar-refractivity contribution in [1.29, 1.82) is 0 Å². The van der Waals surface area contributed by atoms with Crippen LogP contribution in [0.1, 0.15) is 20.7 Å². The van der Waals surface area contributed by atoms with E-state index in [9.17, 15) is 9.59 Å². The molecule has 0 spiro atoms. The summed E-state index contributed by atoms with van der Waals surface area (Å²) in [5.41, 5.74) is 10.8. The largest absolute Gasteiger partial charge is 0.457 e. The molecule has 2 N–H and O–H groups in total. The quantitative estimate of drug-likeness (QED) is 0.106. The molecule has 4 aromatic heterocycles. The summed E-state index contributed by atoms with van der Waals surface area (Å²) in [4.78, 5) is 25.8. The number of nitrogens with zero attached hydrogens (tertiary/aromatic N) is 4. The summed E-state index contributed by atoms with van der Waals surface area (Å²) in [7, 11) is 0. The Hall–Kier alpha value is -10.3. The first kappa shape index (κ1) is 46.1. The molecule has 0 aliphatic heterocycles. The summed E-state index contributed by atoms with van der Waals surface area (Å²) in [6.07, 6.45) is 16.2. The number of hydrogen-bond acceptors (Lipinski definition) is 4. The van der Waals surface area contributed by atoms with Gasteiger partial charge in [0.25, 0.3) is 11.8 Å². The molecule has 11 rings (SSSR count). The number of nitrogens with one attached hydrogen (secondary N) is 2. The number of carbonyl (C=O) groups is 2. The highest BCUT2D eigenvalue weighted by Gasteiger charge is 2.16. The summed E-state index contributed by atoms with van der Waals surface area (Å²) in [6.45, 7) is 0. The highest BCUT2D eigenvalue weighted by atomic mass is 16.5. The minimum Gasteiger partial charge on any atom is -0.457 e. The fourth-order valence-corrected chi connectivity index (χ4v) is 8.48. The average Bonchev–Trinajstić information content (AvgIpc) is 3.46. The Morgan fingerprint density at radius 1 is 0.284 bits per heavy atom. The maximum Gasteiger partial charge on any atom is 0.255 e.